The number of hydrogen-bond acceptors (Lipinski definition) is 16. The van der Waals surface area contributed by atoms with Gasteiger partial charge in [-0.15, -0.1) is 0 Å². The van der Waals surface area contributed by atoms with Crippen LogP contribution in [0.3, 0.4) is 0 Å². The minimum absolute atomic E-state index is 0.105. The molecule has 16 heteroatoms. The number of benzene rings is 1. The van der Waals surface area contributed by atoms with Gasteiger partial charge in [-0.25, -0.2) is 4.79 Å². The van der Waals surface area contributed by atoms with Gasteiger partial charge in [0, 0.05) is 12.3 Å². The number of aliphatic hydroxyl groups is 5. The van der Waals surface area contributed by atoms with Crippen LogP contribution in [0.5, 0.6) is 5.75 Å². The molecule has 2 heterocycles. The van der Waals surface area contributed by atoms with Crippen LogP contribution in [-0.2, 0) is 42.7 Å². The van der Waals surface area contributed by atoms with Crippen LogP contribution in [0.1, 0.15) is 89.9 Å². The maximum atomic E-state index is 13.6. The molecule has 60 heavy (non-hydrogen) atoms. The van der Waals surface area contributed by atoms with Crippen molar-refractivity contribution in [3.8, 4) is 5.75 Å². The van der Waals surface area contributed by atoms with E-state index in [2.05, 4.69) is 13.0 Å². The summed E-state index contributed by atoms with van der Waals surface area (Å²) in [6.07, 6.45) is -6.55. The number of ether oxygens (including phenoxy) is 8. The van der Waals surface area contributed by atoms with Crippen LogP contribution in [0.15, 0.2) is 35.9 Å². The first-order valence-corrected chi connectivity index (χ1v) is 21.3. The zero-order valence-electron chi connectivity index (χ0n) is 35.3. The number of carbonyl (C=O) groups is 3. The first-order chi connectivity index (χ1) is 28.5. The molecular weight excluding hydrogens is 784 g/mol. The van der Waals surface area contributed by atoms with E-state index in [1.165, 1.54) is 24.8 Å². The lowest BCUT2D eigenvalue weighted by molar-refractivity contribution is -0.345. The van der Waals surface area contributed by atoms with Gasteiger partial charge in [-0.1, -0.05) is 25.5 Å². The Morgan fingerprint density at radius 1 is 0.883 bits per heavy atom. The molecule has 0 aromatic heterocycles. The van der Waals surface area contributed by atoms with Crippen LogP contribution >= 0.6 is 0 Å². The van der Waals surface area contributed by atoms with E-state index in [4.69, 9.17) is 37.9 Å². The molecule has 0 spiro atoms. The molecule has 1 aromatic carbocycles. The van der Waals surface area contributed by atoms with Gasteiger partial charge in [-0.3, -0.25) is 9.59 Å². The molecule has 2 aliphatic heterocycles. The Kier molecular flexibility index (Phi) is 13.1. The van der Waals surface area contributed by atoms with Crippen LogP contribution in [0.25, 0.3) is 0 Å². The second-order valence-corrected chi connectivity index (χ2v) is 18.1. The third kappa shape index (κ3) is 7.89. The molecule has 5 N–H and O–H groups in total. The Bertz CT molecular complexity index is 1750. The van der Waals surface area contributed by atoms with Gasteiger partial charge in [0.1, 0.15) is 35.8 Å². The van der Waals surface area contributed by atoms with Gasteiger partial charge in [0.2, 0.25) is 0 Å². The van der Waals surface area contributed by atoms with Crippen molar-refractivity contribution in [2.24, 2.45) is 34.5 Å². The van der Waals surface area contributed by atoms with E-state index < -0.39 is 96.8 Å². The molecule has 0 bridgehead atoms. The lowest BCUT2D eigenvalue weighted by Gasteiger charge is -2.59. The van der Waals surface area contributed by atoms with E-state index in [9.17, 15) is 39.9 Å². The number of fused-ring (bicyclic) bond motifs is 5. The monoisotopic (exact) mass is 846 g/mol. The van der Waals surface area contributed by atoms with E-state index >= 15 is 0 Å². The van der Waals surface area contributed by atoms with Crippen LogP contribution in [0, 0.1) is 34.5 Å². The molecule has 17 atom stereocenters. The van der Waals surface area contributed by atoms with Gasteiger partial charge in [-0.05, 0) is 106 Å². The summed E-state index contributed by atoms with van der Waals surface area (Å²) in [6.45, 7) is 8.13. The number of carbonyl (C=O) groups excluding carboxylic acids is 3. The molecule has 1 aromatic rings. The van der Waals surface area contributed by atoms with Gasteiger partial charge >= 0.3 is 17.9 Å². The number of rotatable bonds is 11. The molecule has 334 valence electrons. The highest BCUT2D eigenvalue weighted by molar-refractivity contribution is 5.89. The van der Waals surface area contributed by atoms with Crippen LogP contribution in [0.4, 0.5) is 0 Å². The van der Waals surface area contributed by atoms with Crippen molar-refractivity contribution in [3.05, 3.63) is 41.5 Å². The Hall–Kier alpha value is -3.19. The summed E-state index contributed by atoms with van der Waals surface area (Å²) >= 11 is 0. The molecule has 3 saturated carbocycles. The quantitative estimate of drug-likeness (QED) is 0.123. The minimum atomic E-state index is -1.79. The number of allylic oxidation sites excluding steroid dienone is 1. The van der Waals surface area contributed by atoms with Gasteiger partial charge < -0.3 is 63.4 Å². The third-order valence-corrected chi connectivity index (χ3v) is 14.9. The van der Waals surface area contributed by atoms with Crippen molar-refractivity contribution in [1.29, 1.82) is 0 Å². The first kappa shape index (κ1) is 44.9. The van der Waals surface area contributed by atoms with Crippen LogP contribution < -0.4 is 4.74 Å². The molecule has 6 aliphatic rings. The number of methoxy groups -OCH3 is 1. The summed E-state index contributed by atoms with van der Waals surface area (Å²) in [5.74, 6) is -2.46. The zero-order chi connectivity index (χ0) is 43.3. The fourth-order valence-electron chi connectivity index (χ4n) is 11.7. The first-order valence-electron chi connectivity index (χ1n) is 21.3. The van der Waals surface area contributed by atoms with Gasteiger partial charge in [-0.2, -0.15) is 0 Å². The predicted molar refractivity (Wildman–Crippen MR) is 209 cm³/mol. The molecule has 2 saturated heterocycles. The highest BCUT2D eigenvalue weighted by Gasteiger charge is 2.71. The molecule has 4 aliphatic carbocycles. The summed E-state index contributed by atoms with van der Waals surface area (Å²) in [4.78, 5) is 39.6. The Balaban J connectivity index is 1.18. The molecule has 7 rings (SSSR count). The highest BCUT2D eigenvalue weighted by atomic mass is 16.8. The van der Waals surface area contributed by atoms with Crippen molar-refractivity contribution in [3.63, 3.8) is 0 Å². The van der Waals surface area contributed by atoms with E-state index in [1.807, 2.05) is 6.92 Å². The van der Waals surface area contributed by atoms with Gasteiger partial charge in [0.15, 0.2) is 24.8 Å². The molecule has 0 amide bonds. The van der Waals surface area contributed by atoms with Crippen molar-refractivity contribution in [2.45, 2.75) is 147 Å². The fraction of sp³-hybridized carbons (Fsp3) is 0.750. The van der Waals surface area contributed by atoms with Crippen molar-refractivity contribution >= 4 is 17.9 Å². The molecule has 5 fully saturated rings. The highest BCUT2D eigenvalue weighted by Crippen LogP contribution is 2.69. The third-order valence-electron chi connectivity index (χ3n) is 14.9. The summed E-state index contributed by atoms with van der Waals surface area (Å²) in [5.41, 5.74) is -1.31. The maximum absolute atomic E-state index is 13.6. The van der Waals surface area contributed by atoms with Gasteiger partial charge in [0.25, 0.3) is 0 Å². The van der Waals surface area contributed by atoms with E-state index in [0.717, 1.165) is 32.6 Å². The van der Waals surface area contributed by atoms with Crippen molar-refractivity contribution in [1.82, 2.24) is 0 Å². The average Bonchev–Trinajstić information content (AvgIpc) is 3.45. The average molecular weight is 847 g/mol. The standard InChI is InChI=1S/C44H62O16/c1-7-54-38(50)22(2)44(52)33(19-30-28-13-10-25-18-26(46)14-16-42(25,4)29(28)15-17-43(30,44)5)58-41-37(57-23(3)45)35(32(48)21-56-41)60-40-36(34(49)31(47)20-55-40)59-39(51)24-8-11-27(53-6)12-9-24/h8-12,22,26,28-37,40-41,46-49,52H,7,13-21H2,1-6H3/t22-,26+,28-,29+,30+,31-,32+,33+,34+,35+,36-,37-,40+,41+,42+,43+,44-/m1/s1. The zero-order valence-corrected chi connectivity index (χ0v) is 35.3. The van der Waals surface area contributed by atoms with Gasteiger partial charge in [0.05, 0.1) is 50.6 Å². The van der Waals surface area contributed by atoms with E-state index in [1.54, 1.807) is 26.0 Å². The summed E-state index contributed by atoms with van der Waals surface area (Å²) in [7, 11) is 1.47. The lowest BCUT2D eigenvalue weighted by Crippen LogP contribution is -2.64. The molecule has 0 unspecified atom stereocenters. The lowest BCUT2D eigenvalue weighted by atomic mass is 9.46. The maximum Gasteiger partial charge on any atom is 0.338 e. The molecule has 0 radical (unpaired) electrons. The summed E-state index contributed by atoms with van der Waals surface area (Å²) in [5, 5.41) is 56.7. The number of hydrogen-bond donors (Lipinski definition) is 5. The normalized spacial score (nSPS) is 43.0. The second-order valence-electron chi connectivity index (χ2n) is 18.1. The Morgan fingerprint density at radius 2 is 1.57 bits per heavy atom. The van der Waals surface area contributed by atoms with Crippen LogP contribution in [0.2, 0.25) is 0 Å². The van der Waals surface area contributed by atoms with E-state index in [0.29, 0.717) is 25.0 Å². The Morgan fingerprint density at radius 3 is 2.23 bits per heavy atom. The summed E-state index contributed by atoms with van der Waals surface area (Å²) in [6, 6.07) is 6.01. The van der Waals surface area contributed by atoms with Crippen molar-refractivity contribution < 1.29 is 77.8 Å². The predicted octanol–water partition coefficient (Wildman–Crippen LogP) is 2.58. The topological polar surface area (TPSA) is 226 Å². The largest absolute Gasteiger partial charge is 0.497 e. The van der Waals surface area contributed by atoms with E-state index in [-0.39, 0.29) is 48.0 Å². The second kappa shape index (κ2) is 17.5. The van der Waals surface area contributed by atoms with Crippen molar-refractivity contribution in [2.75, 3.05) is 26.9 Å². The number of aliphatic hydroxyl groups excluding tert-OH is 4. The van der Waals surface area contributed by atoms with Crippen LogP contribution in [-0.4, -0.2) is 137 Å². The molecule has 16 nitrogen and oxygen atoms in total. The smallest absolute Gasteiger partial charge is 0.338 e. The minimum Gasteiger partial charge on any atom is -0.497 e. The SMILES string of the molecule is CCOC(=O)[C@@H](C)[C@@]1(O)[C@@H](O[C@@H]2OC[C@H](O)[C@H](O[C@@H]3OC[C@@H](O)[C@H](O)[C@H]3OC(=O)c3ccc(OC)cc3)[C@H]2OC(C)=O)C[C@H]2[C@@H]3CC=C4C[C@@H](O)CC[C@]4(C)[C@H]3CC[C@@]21C. The Labute approximate surface area is 350 Å². The summed E-state index contributed by atoms with van der Waals surface area (Å²) < 4.78 is 46.8. The molecular formula is C44H62O16. The number of esters is 3. The fourth-order valence-corrected chi connectivity index (χ4v) is 11.7.